The van der Waals surface area contributed by atoms with Gasteiger partial charge in [-0.1, -0.05) is 0 Å². The first kappa shape index (κ1) is 16.1. The summed E-state index contributed by atoms with van der Waals surface area (Å²) in [5, 5.41) is 34.1. The predicted molar refractivity (Wildman–Crippen MR) is 98.7 cm³/mol. The molecule has 4 heterocycles. The van der Waals surface area contributed by atoms with Crippen LogP contribution in [0.15, 0.2) is 41.0 Å². The van der Waals surface area contributed by atoms with E-state index in [0.717, 1.165) is 37.7 Å². The highest BCUT2D eigenvalue weighted by Crippen LogP contribution is 2.43. The number of nitrogens with zero attached hydrogens (tertiary/aromatic N) is 5. The molecule has 0 saturated carbocycles. The second kappa shape index (κ2) is 5.87. The Hall–Kier alpha value is -3.36. The Bertz CT molecular complexity index is 1140. The monoisotopic (exact) mass is 361 g/mol. The van der Waals surface area contributed by atoms with E-state index in [0.29, 0.717) is 11.1 Å². The van der Waals surface area contributed by atoms with Crippen molar-refractivity contribution in [1.82, 2.24) is 25.3 Å². The molecule has 8 heteroatoms. The van der Waals surface area contributed by atoms with Crippen molar-refractivity contribution in [3.05, 3.63) is 45.9 Å². The summed E-state index contributed by atoms with van der Waals surface area (Å²) in [5.41, 5.74) is 5.38. The standard InChI is InChI=1S/C18H15N7S/c1-9-12(5-19)16(13(6-20)10(2)22-9)15-4-14-18(26-15)17(24-23-14)11-7-21-25(3)8-11/h4,7-8,16,22H,1-3H3,(H,23,24). The van der Waals surface area contributed by atoms with Crippen LogP contribution in [0.2, 0.25) is 0 Å². The fraction of sp³-hybridized carbons (Fsp3) is 0.222. The van der Waals surface area contributed by atoms with Gasteiger partial charge < -0.3 is 5.32 Å². The molecule has 2 N–H and O–H groups in total. The van der Waals surface area contributed by atoms with Crippen molar-refractivity contribution in [3.63, 3.8) is 0 Å². The number of aryl methyl sites for hydroxylation is 1. The van der Waals surface area contributed by atoms with Gasteiger partial charge in [0.05, 0.1) is 45.6 Å². The number of hydrogen-bond donors (Lipinski definition) is 2. The molecule has 0 bridgehead atoms. The summed E-state index contributed by atoms with van der Waals surface area (Å²) < 4.78 is 2.73. The summed E-state index contributed by atoms with van der Waals surface area (Å²) in [4.78, 5) is 0.951. The van der Waals surface area contributed by atoms with Crippen LogP contribution < -0.4 is 5.32 Å². The quantitative estimate of drug-likeness (QED) is 0.728. The van der Waals surface area contributed by atoms with E-state index in [-0.39, 0.29) is 5.92 Å². The minimum atomic E-state index is -0.348. The van der Waals surface area contributed by atoms with Crippen LogP contribution >= 0.6 is 11.3 Å². The first-order chi connectivity index (χ1) is 12.5. The van der Waals surface area contributed by atoms with E-state index >= 15 is 0 Å². The summed E-state index contributed by atoms with van der Waals surface area (Å²) in [5.74, 6) is -0.348. The van der Waals surface area contributed by atoms with E-state index in [2.05, 4.69) is 32.8 Å². The maximum atomic E-state index is 9.65. The molecule has 0 aromatic carbocycles. The molecule has 0 aliphatic carbocycles. The van der Waals surface area contributed by atoms with Gasteiger partial charge in [0.25, 0.3) is 0 Å². The normalized spacial score (nSPS) is 15.3. The summed E-state index contributed by atoms with van der Waals surface area (Å²) in [6, 6.07) is 6.53. The first-order valence-electron chi connectivity index (χ1n) is 7.99. The Morgan fingerprint density at radius 2 is 1.88 bits per heavy atom. The van der Waals surface area contributed by atoms with Crippen LogP contribution in [0.3, 0.4) is 0 Å². The van der Waals surface area contributed by atoms with Gasteiger partial charge in [-0.3, -0.25) is 9.78 Å². The smallest absolute Gasteiger partial charge is 0.113 e. The molecule has 1 aliphatic heterocycles. The number of H-pyrrole nitrogens is 1. The first-order valence-corrected chi connectivity index (χ1v) is 8.80. The minimum absolute atomic E-state index is 0.348. The van der Waals surface area contributed by atoms with Gasteiger partial charge in [0, 0.05) is 35.1 Å². The number of rotatable bonds is 2. The van der Waals surface area contributed by atoms with Crippen molar-refractivity contribution in [3.8, 4) is 23.4 Å². The molecule has 7 nitrogen and oxygen atoms in total. The van der Waals surface area contributed by atoms with E-state index in [1.807, 2.05) is 33.2 Å². The zero-order chi connectivity index (χ0) is 18.4. The van der Waals surface area contributed by atoms with E-state index < -0.39 is 0 Å². The van der Waals surface area contributed by atoms with Crippen LogP contribution in [0.4, 0.5) is 0 Å². The predicted octanol–water partition coefficient (Wildman–Crippen LogP) is 3.31. The van der Waals surface area contributed by atoms with Gasteiger partial charge in [-0.15, -0.1) is 11.3 Å². The molecular weight excluding hydrogens is 346 g/mol. The molecule has 0 radical (unpaired) electrons. The van der Waals surface area contributed by atoms with Gasteiger partial charge in [-0.25, -0.2) is 0 Å². The topological polar surface area (TPSA) is 106 Å². The van der Waals surface area contributed by atoms with Gasteiger partial charge >= 0.3 is 0 Å². The Morgan fingerprint density at radius 3 is 2.46 bits per heavy atom. The lowest BCUT2D eigenvalue weighted by Crippen LogP contribution is -2.22. The molecule has 0 unspecified atom stereocenters. The van der Waals surface area contributed by atoms with Crippen LogP contribution in [0.5, 0.6) is 0 Å². The lowest BCUT2D eigenvalue weighted by Gasteiger charge is -2.24. The van der Waals surface area contributed by atoms with E-state index in [1.54, 1.807) is 22.2 Å². The molecule has 0 atom stereocenters. The highest BCUT2D eigenvalue weighted by atomic mass is 32.1. The van der Waals surface area contributed by atoms with Crippen molar-refractivity contribution in [2.45, 2.75) is 19.8 Å². The minimum Gasteiger partial charge on any atom is -0.361 e. The maximum Gasteiger partial charge on any atom is 0.113 e. The van der Waals surface area contributed by atoms with Gasteiger partial charge in [0.15, 0.2) is 0 Å². The van der Waals surface area contributed by atoms with Crippen molar-refractivity contribution >= 4 is 21.6 Å². The fourth-order valence-corrected chi connectivity index (χ4v) is 4.53. The summed E-state index contributed by atoms with van der Waals surface area (Å²) in [6.07, 6.45) is 3.68. The molecule has 0 spiro atoms. The number of dihydropyridines is 1. The molecular formula is C18H15N7S. The third-order valence-corrected chi connectivity index (χ3v) is 5.73. The second-order valence-corrected chi connectivity index (χ2v) is 7.31. The zero-order valence-electron chi connectivity index (χ0n) is 14.5. The number of fused-ring (bicyclic) bond motifs is 1. The molecule has 4 rings (SSSR count). The second-order valence-electron chi connectivity index (χ2n) is 6.23. The number of aromatic amines is 1. The lowest BCUT2D eigenvalue weighted by atomic mass is 9.86. The highest BCUT2D eigenvalue weighted by Gasteiger charge is 2.31. The number of aromatic nitrogens is 4. The molecule has 0 amide bonds. The summed E-state index contributed by atoms with van der Waals surface area (Å²) in [7, 11) is 1.86. The average molecular weight is 361 g/mol. The van der Waals surface area contributed by atoms with E-state index in [4.69, 9.17) is 0 Å². The Labute approximate surface area is 153 Å². The van der Waals surface area contributed by atoms with Crippen molar-refractivity contribution < 1.29 is 0 Å². The van der Waals surface area contributed by atoms with Crippen molar-refractivity contribution in [2.75, 3.05) is 0 Å². The molecule has 1 aliphatic rings. The van der Waals surface area contributed by atoms with Gasteiger partial charge in [0.1, 0.15) is 5.69 Å². The Morgan fingerprint density at radius 1 is 1.19 bits per heavy atom. The van der Waals surface area contributed by atoms with Crippen LogP contribution in [0, 0.1) is 22.7 Å². The Kier molecular flexibility index (Phi) is 3.64. The number of thiophene rings is 1. The third-order valence-electron chi connectivity index (χ3n) is 4.52. The summed E-state index contributed by atoms with van der Waals surface area (Å²) >= 11 is 1.55. The molecule has 0 saturated heterocycles. The largest absolute Gasteiger partial charge is 0.361 e. The Balaban J connectivity index is 1.89. The molecule has 26 heavy (non-hydrogen) atoms. The number of nitrogens with one attached hydrogen (secondary N) is 2. The van der Waals surface area contributed by atoms with Gasteiger partial charge in [-0.2, -0.15) is 20.7 Å². The van der Waals surface area contributed by atoms with Gasteiger partial charge in [-0.05, 0) is 19.9 Å². The van der Waals surface area contributed by atoms with Crippen molar-refractivity contribution in [1.29, 1.82) is 10.5 Å². The number of nitriles is 2. The molecule has 3 aromatic rings. The van der Waals surface area contributed by atoms with Crippen LogP contribution in [-0.2, 0) is 7.05 Å². The van der Waals surface area contributed by atoms with E-state index in [1.165, 1.54) is 0 Å². The van der Waals surface area contributed by atoms with Crippen LogP contribution in [0.1, 0.15) is 24.6 Å². The van der Waals surface area contributed by atoms with Crippen LogP contribution in [0.25, 0.3) is 21.5 Å². The number of allylic oxidation sites excluding steroid dienone is 4. The third kappa shape index (κ3) is 2.32. The SMILES string of the molecule is CC1=C(C#N)C(c2cc3[nH]nc(-c4cnn(C)c4)c3s2)C(C#N)=C(C)N1. The maximum absolute atomic E-state index is 9.65. The summed E-state index contributed by atoms with van der Waals surface area (Å²) in [6.45, 7) is 3.73. The molecule has 0 fully saturated rings. The van der Waals surface area contributed by atoms with Gasteiger partial charge in [0.2, 0.25) is 0 Å². The number of hydrogen-bond acceptors (Lipinski definition) is 6. The van der Waals surface area contributed by atoms with E-state index in [9.17, 15) is 10.5 Å². The molecule has 128 valence electrons. The van der Waals surface area contributed by atoms with Crippen molar-refractivity contribution in [2.24, 2.45) is 7.05 Å². The zero-order valence-corrected chi connectivity index (χ0v) is 15.3. The highest BCUT2D eigenvalue weighted by molar-refractivity contribution is 7.19. The lowest BCUT2D eigenvalue weighted by molar-refractivity contribution is 0.768. The van der Waals surface area contributed by atoms with Crippen LogP contribution in [-0.4, -0.2) is 20.0 Å². The fourth-order valence-electron chi connectivity index (χ4n) is 3.29. The average Bonchev–Trinajstić information content (AvgIpc) is 3.29. The molecule has 3 aromatic heterocycles.